The lowest BCUT2D eigenvalue weighted by Gasteiger charge is -2.18. The first-order chi connectivity index (χ1) is 7.94. The first-order valence-electron chi connectivity index (χ1n) is 5.38. The van der Waals surface area contributed by atoms with E-state index in [1.54, 1.807) is 18.2 Å². The maximum atomic E-state index is 11.9. The molecule has 1 aliphatic heterocycles. The Morgan fingerprint density at radius 2 is 2.18 bits per heavy atom. The molecule has 2 rings (SSSR count). The molecule has 0 amide bonds. The zero-order chi connectivity index (χ0) is 12.6. The van der Waals surface area contributed by atoms with Gasteiger partial charge in [-0.15, -0.1) is 0 Å². The van der Waals surface area contributed by atoms with Gasteiger partial charge in [0.2, 0.25) is 10.0 Å². The van der Waals surface area contributed by atoms with Crippen LogP contribution in [0.2, 0.25) is 0 Å². The fourth-order valence-corrected chi connectivity index (χ4v) is 3.96. The lowest BCUT2D eigenvalue weighted by atomic mass is 10.2. The predicted molar refractivity (Wildman–Crippen MR) is 67.7 cm³/mol. The number of nitrogens with two attached hydrogens (primary N) is 1. The predicted octanol–water partition coefficient (Wildman–Crippen LogP) is 1.06. The van der Waals surface area contributed by atoms with Crippen LogP contribution in [0.4, 0.5) is 11.4 Å². The highest BCUT2D eigenvalue weighted by molar-refractivity contribution is 7.93. The smallest absolute Gasteiger partial charge is 0.235 e. The fraction of sp³-hybridized carbons (Fsp3) is 0.455. The Morgan fingerprint density at radius 3 is 2.65 bits per heavy atom. The molecule has 1 atom stereocenters. The molecule has 0 saturated carbocycles. The van der Waals surface area contributed by atoms with Crippen molar-refractivity contribution < 1.29 is 13.2 Å². The molecule has 0 aliphatic carbocycles. The molecule has 1 unspecified atom stereocenters. The molecule has 17 heavy (non-hydrogen) atoms. The second kappa shape index (κ2) is 4.10. The normalized spacial score (nSPS) is 22.7. The minimum absolute atomic E-state index is 0.142. The quantitative estimate of drug-likeness (QED) is 0.803. The SMILES string of the molecule is COc1ccc(N2CC(C)CS2(=O)=O)cc1N. The largest absolute Gasteiger partial charge is 0.495 e. The van der Waals surface area contributed by atoms with Gasteiger partial charge in [-0.1, -0.05) is 6.92 Å². The molecule has 1 aromatic rings. The van der Waals surface area contributed by atoms with Crippen molar-refractivity contribution in [1.29, 1.82) is 0 Å². The molecular formula is C11H16N2O3S. The van der Waals surface area contributed by atoms with Gasteiger partial charge in [0, 0.05) is 6.54 Å². The van der Waals surface area contributed by atoms with Gasteiger partial charge in [-0.2, -0.15) is 0 Å². The van der Waals surface area contributed by atoms with Crippen LogP contribution in [0.25, 0.3) is 0 Å². The van der Waals surface area contributed by atoms with Crippen molar-refractivity contribution in [2.75, 3.05) is 29.4 Å². The van der Waals surface area contributed by atoms with E-state index >= 15 is 0 Å². The van der Waals surface area contributed by atoms with E-state index in [1.165, 1.54) is 11.4 Å². The van der Waals surface area contributed by atoms with E-state index in [2.05, 4.69) is 0 Å². The van der Waals surface area contributed by atoms with E-state index in [0.29, 0.717) is 23.7 Å². The highest BCUT2D eigenvalue weighted by Gasteiger charge is 2.33. The lowest BCUT2D eigenvalue weighted by molar-refractivity contribution is 0.417. The van der Waals surface area contributed by atoms with Gasteiger partial charge in [-0.05, 0) is 24.1 Å². The zero-order valence-corrected chi connectivity index (χ0v) is 10.7. The molecule has 5 nitrogen and oxygen atoms in total. The third kappa shape index (κ3) is 2.17. The van der Waals surface area contributed by atoms with E-state index in [9.17, 15) is 8.42 Å². The number of benzene rings is 1. The van der Waals surface area contributed by atoms with Gasteiger partial charge in [0.25, 0.3) is 0 Å². The van der Waals surface area contributed by atoms with E-state index in [0.717, 1.165) is 0 Å². The van der Waals surface area contributed by atoms with Crippen LogP contribution in [0.15, 0.2) is 18.2 Å². The summed E-state index contributed by atoms with van der Waals surface area (Å²) in [7, 11) is -1.66. The van der Waals surface area contributed by atoms with Crippen LogP contribution in [0, 0.1) is 5.92 Å². The van der Waals surface area contributed by atoms with Crippen LogP contribution >= 0.6 is 0 Å². The molecule has 0 radical (unpaired) electrons. The Hall–Kier alpha value is -1.43. The molecule has 94 valence electrons. The Labute approximate surface area is 101 Å². The molecule has 0 bridgehead atoms. The van der Waals surface area contributed by atoms with Crippen molar-refractivity contribution >= 4 is 21.4 Å². The third-order valence-corrected chi connectivity index (χ3v) is 4.83. The Kier molecular flexibility index (Phi) is 2.91. The van der Waals surface area contributed by atoms with Gasteiger partial charge in [0.15, 0.2) is 0 Å². The molecule has 0 aromatic heterocycles. The molecule has 1 aromatic carbocycles. The second-order valence-electron chi connectivity index (χ2n) is 4.34. The summed E-state index contributed by atoms with van der Waals surface area (Å²) in [6.07, 6.45) is 0. The summed E-state index contributed by atoms with van der Waals surface area (Å²) in [6.45, 7) is 2.43. The summed E-state index contributed by atoms with van der Waals surface area (Å²) >= 11 is 0. The number of nitrogen functional groups attached to an aromatic ring is 1. The molecule has 1 heterocycles. The van der Waals surface area contributed by atoms with Gasteiger partial charge in [0.1, 0.15) is 5.75 Å². The summed E-state index contributed by atoms with van der Waals surface area (Å²) in [5.41, 5.74) is 6.82. The summed E-state index contributed by atoms with van der Waals surface area (Å²) in [4.78, 5) is 0. The maximum Gasteiger partial charge on any atom is 0.235 e. The van der Waals surface area contributed by atoms with Crippen LogP contribution in [0.5, 0.6) is 5.75 Å². The summed E-state index contributed by atoms with van der Waals surface area (Å²) in [5.74, 6) is 0.889. The zero-order valence-electron chi connectivity index (χ0n) is 9.88. The van der Waals surface area contributed by atoms with Crippen molar-refractivity contribution in [3.63, 3.8) is 0 Å². The monoisotopic (exact) mass is 256 g/mol. The van der Waals surface area contributed by atoms with E-state index < -0.39 is 10.0 Å². The number of sulfonamides is 1. The molecule has 2 N–H and O–H groups in total. The third-order valence-electron chi connectivity index (χ3n) is 2.81. The topological polar surface area (TPSA) is 72.6 Å². The Balaban J connectivity index is 2.38. The van der Waals surface area contributed by atoms with Gasteiger partial charge in [-0.3, -0.25) is 4.31 Å². The molecule has 1 saturated heterocycles. The highest BCUT2D eigenvalue weighted by atomic mass is 32.2. The molecule has 1 aliphatic rings. The van der Waals surface area contributed by atoms with Crippen molar-refractivity contribution in [3.8, 4) is 5.75 Å². The number of nitrogens with zero attached hydrogens (tertiary/aromatic N) is 1. The Bertz CT molecular complexity index is 528. The minimum atomic E-state index is -3.19. The number of methoxy groups -OCH3 is 1. The van der Waals surface area contributed by atoms with Crippen LogP contribution in [-0.2, 0) is 10.0 Å². The number of rotatable bonds is 2. The van der Waals surface area contributed by atoms with Gasteiger partial charge >= 0.3 is 0 Å². The van der Waals surface area contributed by atoms with Gasteiger partial charge < -0.3 is 10.5 Å². The standard InChI is InChI=1S/C11H16N2O3S/c1-8-6-13(17(14,15)7-8)9-3-4-11(16-2)10(12)5-9/h3-5,8H,6-7,12H2,1-2H3. The van der Waals surface area contributed by atoms with Crippen molar-refractivity contribution in [3.05, 3.63) is 18.2 Å². The number of hydrogen-bond acceptors (Lipinski definition) is 4. The average Bonchev–Trinajstić information content (AvgIpc) is 2.51. The van der Waals surface area contributed by atoms with Crippen molar-refractivity contribution in [1.82, 2.24) is 0 Å². The lowest BCUT2D eigenvalue weighted by Crippen LogP contribution is -2.25. The van der Waals surface area contributed by atoms with E-state index in [-0.39, 0.29) is 11.7 Å². The van der Waals surface area contributed by atoms with Crippen LogP contribution in [0.1, 0.15) is 6.92 Å². The summed E-state index contributed by atoms with van der Waals surface area (Å²) < 4.78 is 30.2. The number of hydrogen-bond donors (Lipinski definition) is 1. The van der Waals surface area contributed by atoms with E-state index in [1.807, 2.05) is 6.92 Å². The number of anilines is 2. The second-order valence-corrected chi connectivity index (χ2v) is 6.28. The molecule has 0 spiro atoms. The average molecular weight is 256 g/mol. The van der Waals surface area contributed by atoms with Gasteiger partial charge in [-0.25, -0.2) is 8.42 Å². The molecule has 1 fully saturated rings. The first-order valence-corrected chi connectivity index (χ1v) is 6.99. The summed E-state index contributed by atoms with van der Waals surface area (Å²) in [5, 5.41) is 0. The number of ether oxygens (including phenoxy) is 1. The highest BCUT2D eigenvalue weighted by Crippen LogP contribution is 2.31. The molecular weight excluding hydrogens is 240 g/mol. The van der Waals surface area contributed by atoms with Crippen molar-refractivity contribution in [2.45, 2.75) is 6.92 Å². The van der Waals surface area contributed by atoms with E-state index in [4.69, 9.17) is 10.5 Å². The van der Waals surface area contributed by atoms with Gasteiger partial charge in [0.05, 0.1) is 24.2 Å². The van der Waals surface area contributed by atoms with Crippen LogP contribution in [-0.4, -0.2) is 27.8 Å². The maximum absolute atomic E-state index is 11.9. The Morgan fingerprint density at radius 1 is 1.47 bits per heavy atom. The first kappa shape index (κ1) is 12.0. The van der Waals surface area contributed by atoms with Crippen LogP contribution < -0.4 is 14.8 Å². The minimum Gasteiger partial charge on any atom is -0.495 e. The van der Waals surface area contributed by atoms with Crippen molar-refractivity contribution in [2.24, 2.45) is 5.92 Å². The van der Waals surface area contributed by atoms with Crippen LogP contribution in [0.3, 0.4) is 0 Å². The molecule has 6 heteroatoms. The fourth-order valence-electron chi connectivity index (χ4n) is 2.04. The summed E-state index contributed by atoms with van der Waals surface area (Å²) in [6, 6.07) is 5.03.